The minimum Gasteiger partial charge on any atom is -0.481 e. The second kappa shape index (κ2) is 7.44. The van der Waals surface area contributed by atoms with E-state index in [2.05, 4.69) is 0 Å². The van der Waals surface area contributed by atoms with Crippen LogP contribution < -0.4 is 0 Å². The Hall–Kier alpha value is -1.10. The van der Waals surface area contributed by atoms with E-state index in [-0.39, 0.29) is 12.0 Å². The number of carbonyl (C=O) groups excluding carboxylic acids is 1. The van der Waals surface area contributed by atoms with Crippen LogP contribution in [0.5, 0.6) is 0 Å². The normalized spacial score (nSPS) is 28.9. The molecule has 126 valence electrons. The topological polar surface area (TPSA) is 66.8 Å². The summed E-state index contributed by atoms with van der Waals surface area (Å²) in [5, 5.41) is 9.36. The maximum absolute atomic E-state index is 12.6. The van der Waals surface area contributed by atoms with Crippen molar-refractivity contribution in [3.8, 4) is 0 Å². The highest BCUT2D eigenvalue weighted by Crippen LogP contribution is 2.30. The number of carboxylic acids is 1. The Balaban J connectivity index is 1.90. The van der Waals surface area contributed by atoms with Crippen LogP contribution in [0.15, 0.2) is 0 Å². The molecule has 2 fully saturated rings. The number of ether oxygens (including phenoxy) is 1. The molecule has 5 nitrogen and oxygen atoms in total. The van der Waals surface area contributed by atoms with Crippen LogP contribution >= 0.6 is 0 Å². The van der Waals surface area contributed by atoms with Gasteiger partial charge < -0.3 is 14.7 Å². The molecule has 0 aromatic heterocycles. The van der Waals surface area contributed by atoms with Gasteiger partial charge in [0.25, 0.3) is 5.91 Å². The molecule has 22 heavy (non-hydrogen) atoms. The first-order valence-corrected chi connectivity index (χ1v) is 8.60. The summed E-state index contributed by atoms with van der Waals surface area (Å²) >= 11 is 0. The lowest BCUT2D eigenvalue weighted by Gasteiger charge is -2.38. The van der Waals surface area contributed by atoms with Crippen molar-refractivity contribution in [1.82, 2.24) is 4.90 Å². The van der Waals surface area contributed by atoms with E-state index in [0.717, 1.165) is 19.3 Å². The molecule has 1 heterocycles. The van der Waals surface area contributed by atoms with Crippen molar-refractivity contribution in [3.63, 3.8) is 0 Å². The van der Waals surface area contributed by atoms with Gasteiger partial charge in [0, 0.05) is 13.1 Å². The quantitative estimate of drug-likeness (QED) is 0.811. The van der Waals surface area contributed by atoms with E-state index in [1.54, 1.807) is 18.7 Å². The largest absolute Gasteiger partial charge is 0.481 e. The molecule has 2 atom stereocenters. The van der Waals surface area contributed by atoms with Crippen molar-refractivity contribution in [2.24, 2.45) is 5.41 Å². The van der Waals surface area contributed by atoms with E-state index in [9.17, 15) is 14.7 Å². The third-order valence-corrected chi connectivity index (χ3v) is 5.07. The molecule has 2 rings (SSSR count). The standard InChI is InChI=1S/C17H29NO4/c1-13(22-14-8-5-3-4-6-9-14)15(19)18-11-7-10-17(2,12-18)16(20)21/h13-14H,3-12H2,1-2H3,(H,20,21). The summed E-state index contributed by atoms with van der Waals surface area (Å²) in [6.07, 6.45) is 8.00. The summed E-state index contributed by atoms with van der Waals surface area (Å²) in [4.78, 5) is 25.7. The van der Waals surface area contributed by atoms with Crippen LogP contribution in [-0.2, 0) is 14.3 Å². The van der Waals surface area contributed by atoms with E-state index in [1.807, 2.05) is 0 Å². The molecule has 1 saturated heterocycles. The Kier molecular flexibility index (Phi) is 5.84. The molecule has 0 bridgehead atoms. The van der Waals surface area contributed by atoms with Crippen molar-refractivity contribution in [2.45, 2.75) is 77.4 Å². The molecule has 2 unspecified atom stereocenters. The zero-order chi connectivity index (χ0) is 16.2. The fraction of sp³-hybridized carbons (Fsp3) is 0.882. The van der Waals surface area contributed by atoms with Gasteiger partial charge >= 0.3 is 5.97 Å². The highest BCUT2D eigenvalue weighted by atomic mass is 16.5. The SMILES string of the molecule is CC(OC1CCCCCC1)C(=O)N1CCCC(C)(C(=O)O)C1. The minimum absolute atomic E-state index is 0.0589. The van der Waals surface area contributed by atoms with Gasteiger partial charge in [0.2, 0.25) is 0 Å². The summed E-state index contributed by atoms with van der Waals surface area (Å²) in [6.45, 7) is 4.46. The third kappa shape index (κ3) is 4.22. The summed E-state index contributed by atoms with van der Waals surface area (Å²) in [6, 6.07) is 0. The molecule has 0 radical (unpaired) electrons. The first kappa shape index (κ1) is 17.3. The molecular formula is C17H29NO4. The van der Waals surface area contributed by atoms with E-state index in [0.29, 0.717) is 19.5 Å². The number of hydrogen-bond donors (Lipinski definition) is 1. The molecule has 5 heteroatoms. The van der Waals surface area contributed by atoms with Crippen LogP contribution in [-0.4, -0.2) is 47.2 Å². The van der Waals surface area contributed by atoms with Gasteiger partial charge in [-0.2, -0.15) is 0 Å². The number of likely N-dealkylation sites (tertiary alicyclic amines) is 1. The number of aliphatic carboxylic acids is 1. The molecule has 1 N–H and O–H groups in total. The van der Waals surface area contributed by atoms with Gasteiger partial charge in [0.1, 0.15) is 6.10 Å². The van der Waals surface area contributed by atoms with E-state index < -0.39 is 17.5 Å². The molecule has 2 aliphatic rings. The fourth-order valence-corrected chi connectivity index (χ4v) is 3.58. The highest BCUT2D eigenvalue weighted by Gasteiger charge is 2.40. The highest BCUT2D eigenvalue weighted by molar-refractivity contribution is 5.82. The van der Waals surface area contributed by atoms with Crippen molar-refractivity contribution in [3.05, 3.63) is 0 Å². The van der Waals surface area contributed by atoms with Gasteiger partial charge in [-0.3, -0.25) is 9.59 Å². The lowest BCUT2D eigenvalue weighted by atomic mass is 9.82. The van der Waals surface area contributed by atoms with Gasteiger partial charge in [0.15, 0.2) is 0 Å². The van der Waals surface area contributed by atoms with Crippen molar-refractivity contribution >= 4 is 11.9 Å². The van der Waals surface area contributed by atoms with E-state index in [1.165, 1.54) is 25.7 Å². The van der Waals surface area contributed by atoms with E-state index >= 15 is 0 Å². The van der Waals surface area contributed by atoms with Gasteiger partial charge in [-0.15, -0.1) is 0 Å². The Bertz CT molecular complexity index is 403. The van der Waals surface area contributed by atoms with Gasteiger partial charge in [0.05, 0.1) is 11.5 Å². The molecule has 0 aromatic carbocycles. The molecule has 1 saturated carbocycles. The maximum Gasteiger partial charge on any atom is 0.311 e. The first-order valence-electron chi connectivity index (χ1n) is 8.60. The van der Waals surface area contributed by atoms with Crippen LogP contribution in [0.1, 0.15) is 65.2 Å². The summed E-state index contributed by atoms with van der Waals surface area (Å²) in [7, 11) is 0. The molecule has 1 aliphatic carbocycles. The van der Waals surface area contributed by atoms with Crippen LogP contribution in [0.2, 0.25) is 0 Å². The number of amides is 1. The monoisotopic (exact) mass is 311 g/mol. The number of piperidine rings is 1. The number of nitrogens with zero attached hydrogens (tertiary/aromatic N) is 1. The summed E-state index contributed by atoms with van der Waals surface area (Å²) < 4.78 is 5.98. The number of hydrogen-bond acceptors (Lipinski definition) is 3. The molecule has 0 spiro atoms. The van der Waals surface area contributed by atoms with Crippen molar-refractivity contribution < 1.29 is 19.4 Å². The Labute approximate surface area is 133 Å². The fourth-order valence-electron chi connectivity index (χ4n) is 3.58. The van der Waals surface area contributed by atoms with E-state index in [4.69, 9.17) is 4.74 Å². The smallest absolute Gasteiger partial charge is 0.311 e. The average molecular weight is 311 g/mol. The zero-order valence-electron chi connectivity index (χ0n) is 13.8. The zero-order valence-corrected chi connectivity index (χ0v) is 13.8. The Morgan fingerprint density at radius 2 is 1.82 bits per heavy atom. The second-order valence-electron chi connectivity index (χ2n) is 7.12. The van der Waals surface area contributed by atoms with Crippen LogP contribution in [0.25, 0.3) is 0 Å². The Morgan fingerprint density at radius 3 is 2.41 bits per heavy atom. The number of carbonyl (C=O) groups is 2. The summed E-state index contributed by atoms with van der Waals surface area (Å²) in [5.41, 5.74) is -0.823. The van der Waals surface area contributed by atoms with Crippen LogP contribution in [0.4, 0.5) is 0 Å². The predicted octanol–water partition coefficient (Wildman–Crippen LogP) is 2.83. The van der Waals surface area contributed by atoms with Gasteiger partial charge in [-0.25, -0.2) is 0 Å². The van der Waals surface area contributed by atoms with Crippen LogP contribution in [0, 0.1) is 5.41 Å². The van der Waals surface area contributed by atoms with Gasteiger partial charge in [-0.05, 0) is 39.5 Å². The number of carboxylic acid groups (broad SMARTS) is 1. The lowest BCUT2D eigenvalue weighted by Crippen LogP contribution is -2.51. The predicted molar refractivity (Wildman–Crippen MR) is 83.6 cm³/mol. The minimum atomic E-state index is -0.823. The number of rotatable bonds is 4. The second-order valence-corrected chi connectivity index (χ2v) is 7.12. The third-order valence-electron chi connectivity index (χ3n) is 5.07. The van der Waals surface area contributed by atoms with Crippen molar-refractivity contribution in [1.29, 1.82) is 0 Å². The van der Waals surface area contributed by atoms with Crippen molar-refractivity contribution in [2.75, 3.05) is 13.1 Å². The maximum atomic E-state index is 12.6. The molecule has 1 amide bonds. The lowest BCUT2D eigenvalue weighted by molar-refractivity contribution is -0.158. The molecule has 0 aromatic rings. The van der Waals surface area contributed by atoms with Crippen LogP contribution in [0.3, 0.4) is 0 Å². The van der Waals surface area contributed by atoms with Gasteiger partial charge in [-0.1, -0.05) is 25.7 Å². The molecule has 1 aliphatic heterocycles. The first-order chi connectivity index (χ1) is 10.4. The molecular weight excluding hydrogens is 282 g/mol. The Morgan fingerprint density at radius 1 is 1.18 bits per heavy atom. The summed E-state index contributed by atoms with van der Waals surface area (Å²) in [5.74, 6) is -0.876. The average Bonchev–Trinajstić information content (AvgIpc) is 2.75.